The van der Waals surface area contributed by atoms with E-state index in [1.165, 1.54) is 12.0 Å². The van der Waals surface area contributed by atoms with Crippen LogP contribution in [0.2, 0.25) is 0 Å². The van der Waals surface area contributed by atoms with Crippen molar-refractivity contribution in [3.8, 4) is 0 Å². The van der Waals surface area contributed by atoms with Gasteiger partial charge in [-0.3, -0.25) is 0 Å². The minimum absolute atomic E-state index is 0.265. The van der Waals surface area contributed by atoms with E-state index in [9.17, 15) is 0 Å². The molecule has 1 nitrogen and oxygen atoms in total. The van der Waals surface area contributed by atoms with Crippen LogP contribution in [-0.2, 0) is 4.74 Å². The summed E-state index contributed by atoms with van der Waals surface area (Å²) in [5, 5.41) is 1.07. The van der Waals surface area contributed by atoms with Crippen LogP contribution >= 0.6 is 15.9 Å². The summed E-state index contributed by atoms with van der Waals surface area (Å²) in [7, 11) is 0. The number of ether oxygens (including phenoxy) is 1. The summed E-state index contributed by atoms with van der Waals surface area (Å²) >= 11 is 3.42. The number of unbranched alkanes of at least 4 members (excludes halogenated alkanes) is 1. The van der Waals surface area contributed by atoms with E-state index in [1.807, 2.05) is 6.07 Å². The predicted octanol–water partition coefficient (Wildman–Crippen LogP) is 4.33. The molecule has 0 saturated carbocycles. The first-order chi connectivity index (χ1) is 7.38. The molecule has 0 fully saturated rings. The Hall–Kier alpha value is -0.340. The Morgan fingerprint density at radius 2 is 1.93 bits per heavy atom. The van der Waals surface area contributed by atoms with Gasteiger partial charge in [0.25, 0.3) is 0 Å². The highest BCUT2D eigenvalue weighted by Crippen LogP contribution is 2.20. The van der Waals surface area contributed by atoms with Crippen molar-refractivity contribution in [2.45, 2.75) is 32.3 Å². The van der Waals surface area contributed by atoms with Crippen molar-refractivity contribution in [3.63, 3.8) is 0 Å². The van der Waals surface area contributed by atoms with E-state index in [-0.39, 0.29) is 6.10 Å². The summed E-state index contributed by atoms with van der Waals surface area (Å²) in [5.74, 6) is 0. The van der Waals surface area contributed by atoms with Gasteiger partial charge in [-0.1, -0.05) is 53.2 Å². The predicted molar refractivity (Wildman–Crippen MR) is 68.5 cm³/mol. The van der Waals surface area contributed by atoms with Crippen molar-refractivity contribution < 1.29 is 4.74 Å². The Labute approximate surface area is 101 Å². The third-order valence-corrected chi connectivity index (χ3v) is 2.95. The molecule has 0 aromatic heterocycles. The molecule has 1 unspecified atom stereocenters. The van der Waals surface area contributed by atoms with Gasteiger partial charge < -0.3 is 4.74 Å². The highest BCUT2D eigenvalue weighted by Gasteiger charge is 2.07. The first-order valence-electron chi connectivity index (χ1n) is 5.61. The van der Waals surface area contributed by atoms with E-state index in [1.54, 1.807) is 0 Å². The molecule has 15 heavy (non-hydrogen) atoms. The lowest BCUT2D eigenvalue weighted by atomic mass is 10.1. The van der Waals surface area contributed by atoms with E-state index in [4.69, 9.17) is 4.74 Å². The molecule has 0 heterocycles. The van der Waals surface area contributed by atoms with Gasteiger partial charge in [0, 0.05) is 11.9 Å². The van der Waals surface area contributed by atoms with Crippen molar-refractivity contribution in [1.82, 2.24) is 0 Å². The maximum absolute atomic E-state index is 5.86. The standard InChI is InChI=1S/C13H19BrO/c1-2-13(15-11-7-6-10-14)12-8-4-3-5-9-12/h3-5,8-9,13H,2,6-7,10-11H2,1H3. The van der Waals surface area contributed by atoms with E-state index in [0.717, 1.165) is 24.8 Å². The average Bonchev–Trinajstić information content (AvgIpc) is 2.30. The molecule has 84 valence electrons. The molecule has 0 aliphatic carbocycles. The van der Waals surface area contributed by atoms with Gasteiger partial charge in [0.05, 0.1) is 6.10 Å². The zero-order valence-corrected chi connectivity index (χ0v) is 10.9. The van der Waals surface area contributed by atoms with E-state index in [0.29, 0.717) is 0 Å². The third kappa shape index (κ3) is 4.80. The molecule has 0 saturated heterocycles. The number of alkyl halides is 1. The largest absolute Gasteiger partial charge is 0.374 e. The van der Waals surface area contributed by atoms with Crippen LogP contribution in [-0.4, -0.2) is 11.9 Å². The van der Waals surface area contributed by atoms with Crippen LogP contribution in [0.15, 0.2) is 30.3 Å². The number of rotatable bonds is 7. The SMILES string of the molecule is CCC(OCCCCBr)c1ccccc1. The second-order valence-corrected chi connectivity index (χ2v) is 4.37. The normalized spacial score (nSPS) is 12.7. The topological polar surface area (TPSA) is 9.23 Å². The molecule has 0 N–H and O–H groups in total. The fourth-order valence-electron chi connectivity index (χ4n) is 1.54. The Kier molecular flexibility index (Phi) is 6.69. The fourth-order valence-corrected chi connectivity index (χ4v) is 1.94. The summed E-state index contributed by atoms with van der Waals surface area (Å²) in [6, 6.07) is 10.5. The van der Waals surface area contributed by atoms with Gasteiger partial charge >= 0.3 is 0 Å². The first kappa shape index (κ1) is 12.7. The molecule has 0 bridgehead atoms. The van der Waals surface area contributed by atoms with Crippen LogP contribution in [0.4, 0.5) is 0 Å². The van der Waals surface area contributed by atoms with Crippen molar-refractivity contribution >= 4 is 15.9 Å². The zero-order valence-electron chi connectivity index (χ0n) is 9.29. The van der Waals surface area contributed by atoms with Crippen LogP contribution in [0.25, 0.3) is 0 Å². The van der Waals surface area contributed by atoms with Gasteiger partial charge in [-0.15, -0.1) is 0 Å². The molecule has 2 heteroatoms. The molecule has 1 rings (SSSR count). The second-order valence-electron chi connectivity index (χ2n) is 3.57. The van der Waals surface area contributed by atoms with E-state index < -0.39 is 0 Å². The highest BCUT2D eigenvalue weighted by atomic mass is 79.9. The minimum Gasteiger partial charge on any atom is -0.374 e. The fraction of sp³-hybridized carbons (Fsp3) is 0.538. The molecule has 0 spiro atoms. The van der Waals surface area contributed by atoms with Gasteiger partial charge in [0.15, 0.2) is 0 Å². The van der Waals surface area contributed by atoms with E-state index in [2.05, 4.69) is 47.1 Å². The second kappa shape index (κ2) is 7.89. The molecule has 1 atom stereocenters. The number of benzene rings is 1. The van der Waals surface area contributed by atoms with Gasteiger partial charge in [-0.2, -0.15) is 0 Å². The maximum atomic E-state index is 5.86. The molecule has 0 amide bonds. The Morgan fingerprint density at radius 3 is 2.53 bits per heavy atom. The van der Waals surface area contributed by atoms with Crippen LogP contribution in [0.3, 0.4) is 0 Å². The Balaban J connectivity index is 2.36. The van der Waals surface area contributed by atoms with Gasteiger partial charge in [-0.05, 0) is 24.8 Å². The summed E-state index contributed by atoms with van der Waals surface area (Å²) in [6.45, 7) is 3.03. The zero-order chi connectivity index (χ0) is 10.9. The number of hydrogen-bond donors (Lipinski definition) is 0. The van der Waals surface area contributed by atoms with Crippen molar-refractivity contribution in [2.24, 2.45) is 0 Å². The monoisotopic (exact) mass is 270 g/mol. The van der Waals surface area contributed by atoms with Crippen molar-refractivity contribution in [3.05, 3.63) is 35.9 Å². The lowest BCUT2D eigenvalue weighted by Gasteiger charge is -2.16. The summed E-state index contributed by atoms with van der Waals surface area (Å²) in [5.41, 5.74) is 1.29. The molecule has 0 aliphatic rings. The highest BCUT2D eigenvalue weighted by molar-refractivity contribution is 9.09. The molecule has 1 aromatic carbocycles. The minimum atomic E-state index is 0.265. The van der Waals surface area contributed by atoms with Crippen LogP contribution in [0, 0.1) is 0 Å². The molecule has 1 aromatic rings. The van der Waals surface area contributed by atoms with Crippen LogP contribution < -0.4 is 0 Å². The number of hydrogen-bond acceptors (Lipinski definition) is 1. The maximum Gasteiger partial charge on any atom is 0.0822 e. The quantitative estimate of drug-likeness (QED) is 0.530. The van der Waals surface area contributed by atoms with Gasteiger partial charge in [0.1, 0.15) is 0 Å². The molecular weight excluding hydrogens is 252 g/mol. The van der Waals surface area contributed by atoms with Gasteiger partial charge in [-0.25, -0.2) is 0 Å². The van der Waals surface area contributed by atoms with Crippen LogP contribution in [0.5, 0.6) is 0 Å². The van der Waals surface area contributed by atoms with Crippen molar-refractivity contribution in [1.29, 1.82) is 0 Å². The summed E-state index contributed by atoms with van der Waals surface area (Å²) in [6.07, 6.45) is 3.62. The Morgan fingerprint density at radius 1 is 1.20 bits per heavy atom. The molecular formula is C13H19BrO. The summed E-state index contributed by atoms with van der Waals surface area (Å²) < 4.78 is 5.86. The third-order valence-electron chi connectivity index (χ3n) is 2.39. The smallest absolute Gasteiger partial charge is 0.0822 e. The first-order valence-corrected chi connectivity index (χ1v) is 6.73. The van der Waals surface area contributed by atoms with Crippen molar-refractivity contribution in [2.75, 3.05) is 11.9 Å². The van der Waals surface area contributed by atoms with E-state index >= 15 is 0 Å². The number of halogens is 1. The average molecular weight is 271 g/mol. The van der Waals surface area contributed by atoms with Crippen LogP contribution in [0.1, 0.15) is 37.9 Å². The summed E-state index contributed by atoms with van der Waals surface area (Å²) in [4.78, 5) is 0. The lowest BCUT2D eigenvalue weighted by Crippen LogP contribution is -2.04. The molecule has 0 radical (unpaired) electrons. The van der Waals surface area contributed by atoms with Gasteiger partial charge in [0.2, 0.25) is 0 Å². The lowest BCUT2D eigenvalue weighted by molar-refractivity contribution is 0.0482. The Bertz CT molecular complexity index is 248. The molecule has 0 aliphatic heterocycles.